The molecule has 0 bridgehead atoms. The fraction of sp³-hybridized carbons (Fsp3) is 0.240. The van der Waals surface area contributed by atoms with Gasteiger partial charge in [-0.1, -0.05) is 48.5 Å². The quantitative estimate of drug-likeness (QED) is 0.449. The van der Waals surface area contributed by atoms with Gasteiger partial charge in [-0.15, -0.1) is 0 Å². The fourth-order valence-corrected chi connectivity index (χ4v) is 3.87. The van der Waals surface area contributed by atoms with Gasteiger partial charge in [-0.05, 0) is 25.5 Å². The first kappa shape index (κ1) is 21.5. The zero-order valence-corrected chi connectivity index (χ0v) is 18.3. The summed E-state index contributed by atoms with van der Waals surface area (Å²) < 4.78 is 15.8. The van der Waals surface area contributed by atoms with Gasteiger partial charge in [-0.25, -0.2) is 14.4 Å². The van der Waals surface area contributed by atoms with Gasteiger partial charge >= 0.3 is 0 Å². The highest BCUT2D eigenvalue weighted by Gasteiger charge is 2.20. The first-order chi connectivity index (χ1) is 15.6. The SMILES string of the molecule is CCN(CC)c1ncnc2c(-c3ccccc3)cn(CC(=O)NCc3ccccc3F)c12. The molecular formula is C25H26FN5O. The van der Waals surface area contributed by atoms with Crippen molar-refractivity contribution in [2.24, 2.45) is 0 Å². The number of carbonyl (C=O) groups is 1. The summed E-state index contributed by atoms with van der Waals surface area (Å²) in [7, 11) is 0. The normalized spacial score (nSPS) is 11.0. The summed E-state index contributed by atoms with van der Waals surface area (Å²) in [6.07, 6.45) is 3.52. The molecule has 4 rings (SSSR count). The molecule has 4 aromatic rings. The smallest absolute Gasteiger partial charge is 0.240 e. The Labute approximate surface area is 186 Å². The summed E-state index contributed by atoms with van der Waals surface area (Å²) in [5.74, 6) is 0.256. The second-order valence-corrected chi connectivity index (χ2v) is 7.47. The van der Waals surface area contributed by atoms with Crippen molar-refractivity contribution in [2.45, 2.75) is 26.9 Å². The van der Waals surface area contributed by atoms with E-state index in [0.29, 0.717) is 5.56 Å². The summed E-state index contributed by atoms with van der Waals surface area (Å²) in [5.41, 5.74) is 4.03. The van der Waals surface area contributed by atoms with E-state index >= 15 is 0 Å². The summed E-state index contributed by atoms with van der Waals surface area (Å²) in [6.45, 7) is 5.94. The molecule has 2 heterocycles. The highest BCUT2D eigenvalue weighted by atomic mass is 19.1. The molecule has 2 aromatic heterocycles. The molecular weight excluding hydrogens is 405 g/mol. The molecule has 0 saturated carbocycles. The monoisotopic (exact) mass is 431 g/mol. The third-order valence-electron chi connectivity index (χ3n) is 5.53. The van der Waals surface area contributed by atoms with Crippen LogP contribution in [0.5, 0.6) is 0 Å². The molecule has 0 radical (unpaired) electrons. The molecule has 0 saturated heterocycles. The molecule has 0 atom stereocenters. The van der Waals surface area contributed by atoms with Gasteiger partial charge in [0, 0.05) is 37.0 Å². The maximum Gasteiger partial charge on any atom is 0.240 e. The fourth-order valence-electron chi connectivity index (χ4n) is 3.87. The van der Waals surface area contributed by atoms with E-state index in [1.54, 1.807) is 24.5 Å². The number of fused-ring (bicyclic) bond motifs is 1. The van der Waals surface area contributed by atoms with Gasteiger partial charge in [0.05, 0.1) is 0 Å². The van der Waals surface area contributed by atoms with Crippen LogP contribution in [0, 0.1) is 5.82 Å². The molecule has 0 aliphatic carbocycles. The average Bonchev–Trinajstić information content (AvgIpc) is 3.19. The van der Waals surface area contributed by atoms with Crippen LogP contribution in [-0.2, 0) is 17.9 Å². The zero-order chi connectivity index (χ0) is 22.5. The molecule has 2 aromatic carbocycles. The Morgan fingerprint density at radius 3 is 2.47 bits per heavy atom. The van der Waals surface area contributed by atoms with Crippen molar-refractivity contribution < 1.29 is 9.18 Å². The second kappa shape index (κ2) is 9.60. The number of amides is 1. The lowest BCUT2D eigenvalue weighted by atomic mass is 10.1. The number of hydrogen-bond acceptors (Lipinski definition) is 4. The van der Waals surface area contributed by atoms with Crippen LogP contribution in [0.15, 0.2) is 67.1 Å². The minimum Gasteiger partial charge on any atom is -0.355 e. The summed E-state index contributed by atoms with van der Waals surface area (Å²) in [5, 5.41) is 2.82. The van der Waals surface area contributed by atoms with Gasteiger partial charge in [0.2, 0.25) is 5.91 Å². The Morgan fingerprint density at radius 2 is 1.75 bits per heavy atom. The molecule has 0 unspecified atom stereocenters. The average molecular weight is 432 g/mol. The van der Waals surface area contributed by atoms with Crippen LogP contribution < -0.4 is 10.2 Å². The summed E-state index contributed by atoms with van der Waals surface area (Å²) >= 11 is 0. The van der Waals surface area contributed by atoms with Gasteiger partial charge in [-0.2, -0.15) is 0 Å². The number of nitrogens with one attached hydrogen (secondary N) is 1. The highest BCUT2D eigenvalue weighted by molar-refractivity contribution is 5.99. The predicted octanol–water partition coefficient (Wildman–Crippen LogP) is 4.40. The van der Waals surface area contributed by atoms with Crippen molar-refractivity contribution >= 4 is 22.8 Å². The van der Waals surface area contributed by atoms with Crippen molar-refractivity contribution in [3.05, 3.63) is 78.5 Å². The highest BCUT2D eigenvalue weighted by Crippen LogP contribution is 2.33. The van der Waals surface area contributed by atoms with Crippen molar-refractivity contribution in [2.75, 3.05) is 18.0 Å². The molecule has 0 fully saturated rings. The van der Waals surface area contributed by atoms with E-state index in [1.165, 1.54) is 6.07 Å². The Bertz CT molecular complexity index is 1220. The number of hydrogen-bond donors (Lipinski definition) is 1. The Balaban J connectivity index is 1.71. The molecule has 0 spiro atoms. The number of anilines is 1. The second-order valence-electron chi connectivity index (χ2n) is 7.47. The van der Waals surface area contributed by atoms with Gasteiger partial charge in [-0.3, -0.25) is 4.79 Å². The summed E-state index contributed by atoms with van der Waals surface area (Å²) in [4.78, 5) is 24.0. The van der Waals surface area contributed by atoms with Gasteiger partial charge < -0.3 is 14.8 Å². The molecule has 7 heteroatoms. The minimum absolute atomic E-state index is 0.0828. The van der Waals surface area contributed by atoms with Crippen LogP contribution in [0.25, 0.3) is 22.2 Å². The van der Waals surface area contributed by atoms with E-state index in [-0.39, 0.29) is 24.8 Å². The number of nitrogens with zero attached hydrogens (tertiary/aromatic N) is 4. The van der Waals surface area contributed by atoms with Gasteiger partial charge in [0.25, 0.3) is 0 Å². The van der Waals surface area contributed by atoms with E-state index in [4.69, 9.17) is 0 Å². The number of benzene rings is 2. The first-order valence-corrected chi connectivity index (χ1v) is 10.8. The maximum absolute atomic E-state index is 13.9. The van der Waals surface area contributed by atoms with Crippen molar-refractivity contribution in [1.29, 1.82) is 0 Å². The van der Waals surface area contributed by atoms with Gasteiger partial charge in [0.1, 0.15) is 29.7 Å². The zero-order valence-electron chi connectivity index (χ0n) is 18.3. The van der Waals surface area contributed by atoms with E-state index < -0.39 is 0 Å². The largest absolute Gasteiger partial charge is 0.355 e. The Kier molecular flexibility index (Phi) is 6.44. The third-order valence-corrected chi connectivity index (χ3v) is 5.53. The molecule has 32 heavy (non-hydrogen) atoms. The maximum atomic E-state index is 13.9. The molecule has 1 amide bonds. The lowest BCUT2D eigenvalue weighted by molar-refractivity contribution is -0.121. The minimum atomic E-state index is -0.331. The molecule has 1 N–H and O–H groups in total. The first-order valence-electron chi connectivity index (χ1n) is 10.8. The number of rotatable bonds is 8. The number of halogens is 1. The Hall–Kier alpha value is -3.74. The topological polar surface area (TPSA) is 63.1 Å². The van der Waals surface area contributed by atoms with E-state index in [1.807, 2.05) is 41.1 Å². The third kappa shape index (κ3) is 4.32. The molecule has 0 aliphatic heterocycles. The van der Waals surface area contributed by atoms with Gasteiger partial charge in [0.15, 0.2) is 5.82 Å². The molecule has 0 aliphatic rings. The van der Waals surface area contributed by atoms with E-state index in [9.17, 15) is 9.18 Å². The lowest BCUT2D eigenvalue weighted by Crippen LogP contribution is -2.28. The van der Waals surface area contributed by atoms with Crippen LogP contribution in [0.2, 0.25) is 0 Å². The van der Waals surface area contributed by atoms with E-state index in [0.717, 1.165) is 41.1 Å². The van der Waals surface area contributed by atoms with E-state index in [2.05, 4.69) is 34.0 Å². The number of aromatic nitrogens is 3. The van der Waals surface area contributed by atoms with Crippen LogP contribution in [0.1, 0.15) is 19.4 Å². The summed E-state index contributed by atoms with van der Waals surface area (Å²) in [6, 6.07) is 16.4. The predicted molar refractivity (Wildman–Crippen MR) is 125 cm³/mol. The Morgan fingerprint density at radius 1 is 1.03 bits per heavy atom. The lowest BCUT2D eigenvalue weighted by Gasteiger charge is -2.21. The molecule has 6 nitrogen and oxygen atoms in total. The van der Waals surface area contributed by atoms with Crippen LogP contribution in [0.3, 0.4) is 0 Å². The molecule has 164 valence electrons. The van der Waals surface area contributed by atoms with Crippen molar-refractivity contribution in [3.8, 4) is 11.1 Å². The number of carbonyl (C=O) groups excluding carboxylic acids is 1. The standard InChI is InChI=1S/C25H26FN5O/c1-3-30(4-2)25-24-23(28-17-29-25)20(18-10-6-5-7-11-18)15-31(24)16-22(32)27-14-19-12-8-9-13-21(19)26/h5-13,15,17H,3-4,14,16H2,1-2H3,(H,27,32). The van der Waals surface area contributed by atoms with Crippen LogP contribution >= 0.6 is 0 Å². The van der Waals surface area contributed by atoms with Crippen LogP contribution in [-0.4, -0.2) is 33.5 Å². The van der Waals surface area contributed by atoms with Crippen molar-refractivity contribution in [3.63, 3.8) is 0 Å². The van der Waals surface area contributed by atoms with Crippen molar-refractivity contribution in [1.82, 2.24) is 19.9 Å². The van der Waals surface area contributed by atoms with Crippen LogP contribution in [0.4, 0.5) is 10.2 Å².